The van der Waals surface area contributed by atoms with Crippen molar-refractivity contribution in [3.63, 3.8) is 0 Å². The van der Waals surface area contributed by atoms with Gasteiger partial charge in [0.15, 0.2) is 0 Å². The number of benzene rings is 1. The zero-order valence-electron chi connectivity index (χ0n) is 20.2. The molecule has 0 amide bonds. The van der Waals surface area contributed by atoms with Crippen LogP contribution in [0.4, 0.5) is 0 Å². The first kappa shape index (κ1) is 29.2. The standard InChI is InChI=1S/C22H32N4.C4H8O.2ClH/c1-3-5-10-23-12-14-25(19-23)17-21-8-7-9-22(16-21)18-26-15-13-24(20-26)11-6-4-2;1-2-4-5-3-1;;/h7-9,12-16,19-20H,3-6,10-11,17-18H2,1-2H3;1-4H2;2*1H/q+2;;;/p-2. The van der Waals surface area contributed by atoms with Gasteiger partial charge in [-0.2, -0.15) is 0 Å². The monoisotopic (exact) mass is 494 g/mol. The zero-order valence-corrected chi connectivity index (χ0v) is 21.7. The molecular formula is C26H40Cl2N4O. The third kappa shape index (κ3) is 10.8. The topological polar surface area (TPSA) is 26.8 Å². The Morgan fingerprint density at radius 3 is 1.67 bits per heavy atom. The van der Waals surface area contributed by atoms with Gasteiger partial charge in [-0.15, -0.1) is 0 Å². The fraction of sp³-hybridized carbons (Fsp3) is 0.538. The van der Waals surface area contributed by atoms with Crippen molar-refractivity contribution < 1.29 is 38.7 Å². The lowest BCUT2D eigenvalue weighted by atomic mass is 10.1. The Labute approximate surface area is 212 Å². The highest BCUT2D eigenvalue weighted by Crippen LogP contribution is 2.06. The Kier molecular flexibility index (Phi) is 14.8. The van der Waals surface area contributed by atoms with Crippen LogP contribution < -0.4 is 33.9 Å². The number of rotatable bonds is 10. The summed E-state index contributed by atoms with van der Waals surface area (Å²) in [5.41, 5.74) is 2.71. The highest BCUT2D eigenvalue weighted by molar-refractivity contribution is 5.22. The zero-order chi connectivity index (χ0) is 21.7. The number of imidazole rings is 2. The van der Waals surface area contributed by atoms with Crippen LogP contribution in [0.1, 0.15) is 63.5 Å². The lowest BCUT2D eigenvalue weighted by molar-refractivity contribution is -0.688. The van der Waals surface area contributed by atoms with Gasteiger partial charge in [0.25, 0.3) is 0 Å². The van der Waals surface area contributed by atoms with E-state index in [9.17, 15) is 0 Å². The lowest BCUT2D eigenvalue weighted by Crippen LogP contribution is -3.00. The second-order valence-corrected chi connectivity index (χ2v) is 8.49. The van der Waals surface area contributed by atoms with E-state index in [1.165, 1.54) is 49.7 Å². The van der Waals surface area contributed by atoms with Crippen molar-refractivity contribution in [1.29, 1.82) is 0 Å². The van der Waals surface area contributed by atoms with E-state index in [0.717, 1.165) is 39.4 Å². The molecule has 1 saturated heterocycles. The highest BCUT2D eigenvalue weighted by Gasteiger charge is 2.08. The van der Waals surface area contributed by atoms with Gasteiger partial charge in [-0.05, 0) is 42.9 Å². The smallest absolute Gasteiger partial charge is 0.244 e. The quantitative estimate of drug-likeness (QED) is 0.311. The van der Waals surface area contributed by atoms with Crippen LogP contribution in [-0.4, -0.2) is 22.3 Å². The Bertz CT molecular complexity index is 819. The van der Waals surface area contributed by atoms with Crippen molar-refractivity contribution >= 4 is 0 Å². The SMILES string of the molecule is C1CCOC1.CCCCn1cc[n+](Cc2cccc(C[n+]3ccn(CCCC)c3)c2)c1.[Cl-].[Cl-]. The molecule has 1 aliphatic heterocycles. The van der Waals surface area contributed by atoms with Gasteiger partial charge in [0, 0.05) is 13.2 Å². The molecule has 1 fully saturated rings. The molecule has 1 aromatic carbocycles. The normalized spacial score (nSPS) is 12.4. The second kappa shape index (κ2) is 16.7. The van der Waals surface area contributed by atoms with E-state index >= 15 is 0 Å². The highest BCUT2D eigenvalue weighted by atomic mass is 35.5. The van der Waals surface area contributed by atoms with E-state index in [4.69, 9.17) is 4.74 Å². The predicted molar refractivity (Wildman–Crippen MR) is 124 cm³/mol. The number of nitrogens with zero attached hydrogens (tertiary/aromatic N) is 4. The van der Waals surface area contributed by atoms with E-state index in [0.29, 0.717) is 0 Å². The number of aryl methyl sites for hydroxylation is 2. The van der Waals surface area contributed by atoms with Crippen LogP contribution in [0.25, 0.3) is 0 Å². The van der Waals surface area contributed by atoms with Gasteiger partial charge in [0.05, 0.1) is 13.1 Å². The Morgan fingerprint density at radius 1 is 0.788 bits per heavy atom. The van der Waals surface area contributed by atoms with Crippen LogP contribution in [0.2, 0.25) is 0 Å². The molecule has 3 heterocycles. The molecule has 2 aromatic heterocycles. The molecule has 3 aromatic rings. The van der Waals surface area contributed by atoms with Crippen LogP contribution >= 0.6 is 0 Å². The maximum absolute atomic E-state index is 4.94. The average molecular weight is 496 g/mol. The summed E-state index contributed by atoms with van der Waals surface area (Å²) >= 11 is 0. The molecule has 33 heavy (non-hydrogen) atoms. The minimum Gasteiger partial charge on any atom is -1.00 e. The summed E-state index contributed by atoms with van der Waals surface area (Å²) in [6.45, 7) is 10.5. The summed E-state index contributed by atoms with van der Waals surface area (Å²) in [5.74, 6) is 0. The lowest BCUT2D eigenvalue weighted by Gasteiger charge is -2.02. The molecule has 0 spiro atoms. The summed E-state index contributed by atoms with van der Waals surface area (Å²) in [6.07, 6.45) is 20.6. The molecule has 0 radical (unpaired) electrons. The number of halogens is 2. The van der Waals surface area contributed by atoms with Gasteiger partial charge in [0.2, 0.25) is 12.7 Å². The van der Waals surface area contributed by atoms with Crippen molar-refractivity contribution in [2.45, 2.75) is 78.6 Å². The summed E-state index contributed by atoms with van der Waals surface area (Å²) in [7, 11) is 0. The van der Waals surface area contributed by atoms with Crippen molar-refractivity contribution in [3.8, 4) is 0 Å². The van der Waals surface area contributed by atoms with Gasteiger partial charge in [-0.1, -0.05) is 44.9 Å². The maximum atomic E-state index is 4.94. The maximum Gasteiger partial charge on any atom is 0.244 e. The van der Waals surface area contributed by atoms with E-state index in [1.54, 1.807) is 0 Å². The van der Waals surface area contributed by atoms with Gasteiger partial charge in [0.1, 0.15) is 37.9 Å². The van der Waals surface area contributed by atoms with Gasteiger partial charge < -0.3 is 29.6 Å². The molecule has 0 N–H and O–H groups in total. The molecule has 5 nitrogen and oxygen atoms in total. The summed E-state index contributed by atoms with van der Waals surface area (Å²) < 4.78 is 14.0. The molecule has 0 bridgehead atoms. The summed E-state index contributed by atoms with van der Waals surface area (Å²) in [6, 6.07) is 8.94. The predicted octanol–water partition coefficient (Wildman–Crippen LogP) is -1.63. The number of hydrogen-bond donors (Lipinski definition) is 0. The molecule has 0 atom stereocenters. The largest absolute Gasteiger partial charge is 1.00 e. The first-order valence-electron chi connectivity index (χ1n) is 12.0. The third-order valence-electron chi connectivity index (χ3n) is 5.58. The first-order valence-corrected chi connectivity index (χ1v) is 12.0. The molecule has 4 rings (SSSR count). The van der Waals surface area contributed by atoms with Gasteiger partial charge >= 0.3 is 0 Å². The van der Waals surface area contributed by atoms with Crippen molar-refractivity contribution in [2.75, 3.05) is 13.2 Å². The minimum atomic E-state index is 0. The molecular weight excluding hydrogens is 455 g/mol. The molecule has 1 aliphatic rings. The molecule has 0 unspecified atom stereocenters. The summed E-state index contributed by atoms with van der Waals surface area (Å²) in [5, 5.41) is 0. The van der Waals surface area contributed by atoms with E-state index in [2.05, 4.69) is 93.8 Å². The van der Waals surface area contributed by atoms with Gasteiger partial charge in [-0.25, -0.2) is 18.3 Å². The van der Waals surface area contributed by atoms with Gasteiger partial charge in [-0.3, -0.25) is 0 Å². The first-order chi connectivity index (χ1) is 15.3. The van der Waals surface area contributed by atoms with Crippen LogP contribution in [-0.2, 0) is 30.9 Å². The Morgan fingerprint density at radius 2 is 1.27 bits per heavy atom. The van der Waals surface area contributed by atoms with E-state index < -0.39 is 0 Å². The fourth-order valence-corrected chi connectivity index (χ4v) is 3.77. The van der Waals surface area contributed by atoms with Crippen LogP contribution in [0.3, 0.4) is 0 Å². The van der Waals surface area contributed by atoms with Crippen molar-refractivity contribution in [1.82, 2.24) is 9.13 Å². The molecule has 184 valence electrons. The molecule has 0 saturated carbocycles. The minimum absolute atomic E-state index is 0. The average Bonchev–Trinajstić information content (AvgIpc) is 3.55. The molecule has 0 aliphatic carbocycles. The number of aromatic nitrogens is 4. The van der Waals surface area contributed by atoms with Crippen LogP contribution in [0.15, 0.2) is 61.7 Å². The van der Waals surface area contributed by atoms with E-state index in [1.807, 2.05) is 0 Å². The Balaban J connectivity index is 0.000000689. The number of unbranched alkanes of at least 4 members (excludes halogenated alkanes) is 2. The van der Waals surface area contributed by atoms with E-state index in [-0.39, 0.29) is 24.8 Å². The van der Waals surface area contributed by atoms with Crippen LogP contribution in [0, 0.1) is 0 Å². The molecule has 7 heteroatoms. The Hall–Kier alpha value is -1.82. The van der Waals surface area contributed by atoms with Crippen molar-refractivity contribution in [3.05, 3.63) is 72.8 Å². The fourth-order valence-electron chi connectivity index (χ4n) is 3.77. The van der Waals surface area contributed by atoms with Crippen molar-refractivity contribution in [2.24, 2.45) is 0 Å². The third-order valence-corrected chi connectivity index (χ3v) is 5.58. The second-order valence-electron chi connectivity index (χ2n) is 8.49. The number of ether oxygens (including phenoxy) is 1. The van der Waals surface area contributed by atoms with Crippen LogP contribution in [0.5, 0.6) is 0 Å². The number of hydrogen-bond acceptors (Lipinski definition) is 1. The summed E-state index contributed by atoms with van der Waals surface area (Å²) in [4.78, 5) is 0.